The number of hydrogen-bond donors (Lipinski definition) is 0. The lowest BCUT2D eigenvalue weighted by Crippen LogP contribution is -1.96. The molecule has 0 radical (unpaired) electrons. The van der Waals surface area contributed by atoms with Gasteiger partial charge in [-0.1, -0.05) is 37.8 Å². The Morgan fingerprint density at radius 3 is 2.56 bits per heavy atom. The van der Waals surface area contributed by atoms with Crippen molar-refractivity contribution in [2.24, 2.45) is 5.41 Å². The summed E-state index contributed by atoms with van der Waals surface area (Å²) in [5.74, 6) is 6.21. The number of hydrogen-bond acceptors (Lipinski definition) is 0. The lowest BCUT2D eigenvalue weighted by atomic mass is 9.99. The molecule has 0 heterocycles. The molecule has 84 valence electrons. The van der Waals surface area contributed by atoms with Crippen molar-refractivity contribution >= 4 is 0 Å². The van der Waals surface area contributed by atoms with Crippen molar-refractivity contribution in [1.82, 2.24) is 0 Å². The Bertz CT molecular complexity index is 456. The van der Waals surface area contributed by atoms with Gasteiger partial charge in [-0.2, -0.15) is 0 Å². The summed E-state index contributed by atoms with van der Waals surface area (Å²) < 4.78 is 14.0. The van der Waals surface area contributed by atoms with Gasteiger partial charge in [-0.25, -0.2) is 4.39 Å². The minimum atomic E-state index is -0.144. The average molecular weight is 216 g/mol. The third-order valence-corrected chi connectivity index (χ3v) is 3.15. The van der Waals surface area contributed by atoms with Gasteiger partial charge in [-0.3, -0.25) is 0 Å². The molecule has 0 saturated heterocycles. The second-order valence-electron chi connectivity index (χ2n) is 5.17. The van der Waals surface area contributed by atoms with E-state index in [0.29, 0.717) is 5.56 Å². The van der Waals surface area contributed by atoms with Gasteiger partial charge in [0, 0.05) is 5.41 Å². The van der Waals surface area contributed by atoms with Crippen LogP contribution in [-0.4, -0.2) is 0 Å². The van der Waals surface area contributed by atoms with Crippen LogP contribution in [0.4, 0.5) is 4.39 Å². The fourth-order valence-electron chi connectivity index (χ4n) is 1.62. The number of benzene rings is 1. The lowest BCUT2D eigenvalue weighted by Gasteiger charge is -2.07. The normalized spacial score (nSPS) is 16.8. The van der Waals surface area contributed by atoms with Crippen LogP contribution in [0, 0.1) is 23.1 Å². The van der Waals surface area contributed by atoms with Crippen LogP contribution in [0.3, 0.4) is 0 Å². The molecule has 0 unspecified atom stereocenters. The third kappa shape index (κ3) is 2.27. The van der Waals surface area contributed by atoms with E-state index in [9.17, 15) is 4.39 Å². The summed E-state index contributed by atoms with van der Waals surface area (Å²) in [4.78, 5) is 0. The standard InChI is InChI=1S/C15H17F/c1-11(2)13-6-4-5-12(14(13)16)7-8-15(3)9-10-15/h4-6,11H,9-10H2,1-3H3. The molecule has 1 aliphatic carbocycles. The lowest BCUT2D eigenvalue weighted by molar-refractivity contribution is 0.595. The van der Waals surface area contributed by atoms with E-state index in [1.807, 2.05) is 26.0 Å². The van der Waals surface area contributed by atoms with E-state index in [2.05, 4.69) is 18.8 Å². The third-order valence-electron chi connectivity index (χ3n) is 3.15. The fourth-order valence-corrected chi connectivity index (χ4v) is 1.62. The Labute approximate surface area is 96.9 Å². The summed E-state index contributed by atoms with van der Waals surface area (Å²) in [7, 11) is 0. The van der Waals surface area contributed by atoms with Crippen molar-refractivity contribution in [1.29, 1.82) is 0 Å². The van der Waals surface area contributed by atoms with Crippen LogP contribution in [0.2, 0.25) is 0 Å². The zero-order valence-corrected chi connectivity index (χ0v) is 10.1. The maximum Gasteiger partial charge on any atom is 0.142 e. The highest BCUT2D eigenvalue weighted by Gasteiger charge is 2.35. The predicted octanol–water partition coefficient (Wildman–Crippen LogP) is 4.10. The highest BCUT2D eigenvalue weighted by molar-refractivity contribution is 5.41. The molecule has 1 fully saturated rings. The molecular weight excluding hydrogens is 199 g/mol. The zero-order valence-electron chi connectivity index (χ0n) is 10.1. The molecule has 0 aliphatic heterocycles. The van der Waals surface area contributed by atoms with Gasteiger partial charge in [0.25, 0.3) is 0 Å². The Morgan fingerprint density at radius 2 is 2.00 bits per heavy atom. The van der Waals surface area contributed by atoms with Crippen LogP contribution in [0.15, 0.2) is 18.2 Å². The average Bonchev–Trinajstić information content (AvgIpc) is 2.95. The number of halogens is 1. The van der Waals surface area contributed by atoms with E-state index in [-0.39, 0.29) is 17.2 Å². The predicted molar refractivity (Wildman–Crippen MR) is 64.7 cm³/mol. The molecule has 0 aromatic heterocycles. The first-order chi connectivity index (χ1) is 7.52. The van der Waals surface area contributed by atoms with Gasteiger partial charge in [0.2, 0.25) is 0 Å². The molecule has 2 rings (SSSR count). The summed E-state index contributed by atoms with van der Waals surface area (Å²) in [6.07, 6.45) is 2.29. The quantitative estimate of drug-likeness (QED) is 0.620. The summed E-state index contributed by atoms with van der Waals surface area (Å²) in [6, 6.07) is 5.49. The molecule has 16 heavy (non-hydrogen) atoms. The molecule has 1 heteroatoms. The molecule has 1 aromatic carbocycles. The fraction of sp³-hybridized carbons (Fsp3) is 0.467. The van der Waals surface area contributed by atoms with Crippen molar-refractivity contribution in [2.75, 3.05) is 0 Å². The van der Waals surface area contributed by atoms with Crippen molar-refractivity contribution in [3.05, 3.63) is 35.1 Å². The molecule has 0 bridgehead atoms. The molecule has 1 saturated carbocycles. The van der Waals surface area contributed by atoms with E-state index < -0.39 is 0 Å². The van der Waals surface area contributed by atoms with Crippen LogP contribution in [0.5, 0.6) is 0 Å². The second kappa shape index (κ2) is 3.94. The summed E-state index contributed by atoms with van der Waals surface area (Å²) in [5.41, 5.74) is 1.45. The maximum atomic E-state index is 14.0. The second-order valence-corrected chi connectivity index (χ2v) is 5.17. The molecule has 0 N–H and O–H groups in total. The molecule has 0 nitrogen and oxygen atoms in total. The highest BCUT2D eigenvalue weighted by Crippen LogP contribution is 2.44. The highest BCUT2D eigenvalue weighted by atomic mass is 19.1. The molecule has 1 aromatic rings. The van der Waals surface area contributed by atoms with E-state index in [4.69, 9.17) is 0 Å². The van der Waals surface area contributed by atoms with Gasteiger partial charge in [-0.15, -0.1) is 0 Å². The van der Waals surface area contributed by atoms with Gasteiger partial charge in [0.1, 0.15) is 5.82 Å². The monoisotopic (exact) mass is 216 g/mol. The largest absolute Gasteiger partial charge is 0.205 e. The van der Waals surface area contributed by atoms with Gasteiger partial charge in [0.15, 0.2) is 0 Å². The van der Waals surface area contributed by atoms with E-state index in [1.165, 1.54) is 0 Å². The Balaban J connectivity index is 2.33. The molecule has 0 atom stereocenters. The van der Waals surface area contributed by atoms with Crippen LogP contribution in [0.1, 0.15) is 50.7 Å². The van der Waals surface area contributed by atoms with E-state index in [0.717, 1.165) is 18.4 Å². The topological polar surface area (TPSA) is 0 Å². The first-order valence-electron chi connectivity index (χ1n) is 5.83. The summed E-state index contributed by atoms with van der Waals surface area (Å²) in [5, 5.41) is 0. The van der Waals surface area contributed by atoms with E-state index >= 15 is 0 Å². The minimum Gasteiger partial charge on any atom is -0.205 e. The smallest absolute Gasteiger partial charge is 0.142 e. The number of rotatable bonds is 1. The van der Waals surface area contributed by atoms with Gasteiger partial charge in [-0.05, 0) is 37.3 Å². The molecule has 1 aliphatic rings. The van der Waals surface area contributed by atoms with Crippen LogP contribution in [-0.2, 0) is 0 Å². The Morgan fingerprint density at radius 1 is 1.31 bits per heavy atom. The minimum absolute atomic E-state index is 0.144. The van der Waals surface area contributed by atoms with Gasteiger partial charge >= 0.3 is 0 Å². The summed E-state index contributed by atoms with van der Waals surface area (Å²) >= 11 is 0. The summed E-state index contributed by atoms with van der Waals surface area (Å²) in [6.45, 7) is 6.12. The maximum absolute atomic E-state index is 14.0. The van der Waals surface area contributed by atoms with Crippen LogP contribution >= 0.6 is 0 Å². The molecule has 0 amide bonds. The van der Waals surface area contributed by atoms with Gasteiger partial charge in [0.05, 0.1) is 5.56 Å². The van der Waals surface area contributed by atoms with Crippen LogP contribution < -0.4 is 0 Å². The SMILES string of the molecule is CC(C)c1cccc(C#CC2(C)CC2)c1F. The van der Waals surface area contributed by atoms with Gasteiger partial charge < -0.3 is 0 Å². The van der Waals surface area contributed by atoms with E-state index in [1.54, 1.807) is 6.07 Å². The first-order valence-corrected chi connectivity index (χ1v) is 5.83. The molecule has 0 spiro atoms. The van der Waals surface area contributed by atoms with Crippen molar-refractivity contribution in [2.45, 2.75) is 39.5 Å². The Kier molecular flexibility index (Phi) is 2.76. The van der Waals surface area contributed by atoms with Crippen molar-refractivity contribution in [3.63, 3.8) is 0 Å². The molecular formula is C15H17F. The van der Waals surface area contributed by atoms with Crippen molar-refractivity contribution < 1.29 is 4.39 Å². The van der Waals surface area contributed by atoms with Crippen LogP contribution in [0.25, 0.3) is 0 Å². The van der Waals surface area contributed by atoms with Crippen molar-refractivity contribution in [3.8, 4) is 11.8 Å². The Hall–Kier alpha value is -1.29. The zero-order chi connectivity index (χ0) is 11.8. The first kappa shape index (κ1) is 11.2.